The molecule has 0 aliphatic carbocycles. The van der Waals surface area contributed by atoms with Gasteiger partial charge in [0, 0.05) is 5.88 Å². The van der Waals surface area contributed by atoms with Crippen molar-refractivity contribution < 1.29 is 71.0 Å². The van der Waals surface area contributed by atoms with E-state index in [1.807, 2.05) is 0 Å². The lowest BCUT2D eigenvalue weighted by molar-refractivity contribution is -0.745. The summed E-state index contributed by atoms with van der Waals surface area (Å²) in [5.41, 5.74) is 5.34. The van der Waals surface area contributed by atoms with Gasteiger partial charge >= 0.3 is 5.65 Å². The number of anilines is 1. The Morgan fingerprint density at radius 2 is 1.79 bits per heavy atom. The molecule has 22 heteroatoms. The molecule has 3 rings (SSSR count). The summed E-state index contributed by atoms with van der Waals surface area (Å²) in [6, 6.07) is 0. The number of phosphoric ester groups is 1. The van der Waals surface area contributed by atoms with Crippen LogP contribution in [0.3, 0.4) is 0 Å². The third-order valence-electron chi connectivity index (χ3n) is 4.15. The van der Waals surface area contributed by atoms with Gasteiger partial charge < -0.3 is 54.5 Å². The van der Waals surface area contributed by atoms with E-state index in [4.69, 9.17) is 10.5 Å². The number of aromatic nitrogens is 4. The Labute approximate surface area is 183 Å². The van der Waals surface area contributed by atoms with Gasteiger partial charge in [-0.2, -0.15) is 0 Å². The van der Waals surface area contributed by atoms with Gasteiger partial charge in [-0.15, -0.1) is 0 Å². The predicted octanol–water partition coefficient (Wildman–Crippen LogP) is -5.65. The Bertz CT molecular complexity index is 1200. The van der Waals surface area contributed by atoms with E-state index < -0.39 is 66.4 Å². The van der Waals surface area contributed by atoms with E-state index in [-0.39, 0.29) is 11.2 Å². The third kappa shape index (κ3) is 5.93. The number of hydrogen-bond acceptors (Lipinski definition) is 17. The van der Waals surface area contributed by atoms with Gasteiger partial charge in [-0.3, -0.25) is 18.0 Å². The summed E-state index contributed by atoms with van der Waals surface area (Å²) in [4.78, 5) is 50.8. The lowest BCUT2D eigenvalue weighted by atomic mass is 10.1. The van der Waals surface area contributed by atoms with Crippen LogP contribution in [0.25, 0.3) is 11.2 Å². The predicted molar refractivity (Wildman–Crippen MR) is 89.4 cm³/mol. The van der Waals surface area contributed by atoms with Crippen molar-refractivity contribution in [2.45, 2.75) is 24.5 Å². The smallest absolute Gasteiger partial charge is 0.309 e. The Hall–Kier alpha value is -1.56. The molecule has 2 aromatic heterocycles. The minimum atomic E-state index is -6.17. The number of imidazole rings is 1. The number of fused-ring (bicyclic) bond motifs is 1. The highest BCUT2D eigenvalue weighted by Crippen LogP contribution is 2.60. The summed E-state index contributed by atoms with van der Waals surface area (Å²) >= 11 is 0. The molecule has 0 amide bonds. The topological polar surface area (TPSA) is 304 Å². The van der Waals surface area contributed by atoms with E-state index in [1.165, 1.54) is 17.9 Å². The van der Waals surface area contributed by atoms with Crippen LogP contribution in [0.4, 0.5) is 5.95 Å². The molecule has 19 nitrogen and oxygen atoms in total. The molecule has 3 heterocycles. The first-order chi connectivity index (χ1) is 15.0. The van der Waals surface area contributed by atoms with Crippen LogP contribution in [-0.4, -0.2) is 49.7 Å². The van der Waals surface area contributed by atoms with Crippen molar-refractivity contribution in [1.29, 1.82) is 0 Å². The number of phosphoric acid groups is 3. The molecule has 1 fully saturated rings. The van der Waals surface area contributed by atoms with Crippen molar-refractivity contribution in [1.82, 2.24) is 14.5 Å². The summed E-state index contributed by atoms with van der Waals surface area (Å²) in [7, 11) is -16.7. The Morgan fingerprint density at radius 3 is 2.39 bits per heavy atom. The number of nitrogens with two attached hydrogens (primary N) is 1. The van der Waals surface area contributed by atoms with Crippen molar-refractivity contribution in [2.75, 3.05) is 12.3 Å². The standard InChI is InChI=1S/C11H18N5O14P3/c1-15-3-16(8-5(15)9(19)14-11(12)13-8)10-7(18)6(17)4(28-10)2-27-32(23,24)30-33(25,26)29-31(20,21)22/h3-4,6-7,10,17-18H,2H2,1H3,(H6-,12,13,14,19,20,21,22,23,24,25,26)/p-4. The highest BCUT2D eigenvalue weighted by Gasteiger charge is 2.47. The Morgan fingerprint density at radius 1 is 1.15 bits per heavy atom. The maximum atomic E-state index is 12.0. The maximum absolute atomic E-state index is 12.0. The van der Waals surface area contributed by atoms with Crippen LogP contribution < -0.4 is 35.0 Å². The molecule has 4 N–H and O–H groups in total. The van der Waals surface area contributed by atoms with Gasteiger partial charge in [0.1, 0.15) is 18.3 Å². The van der Waals surface area contributed by atoms with Crippen LogP contribution in [0.1, 0.15) is 6.23 Å². The summed E-state index contributed by atoms with van der Waals surface area (Å²) in [6.45, 7) is -1.13. The maximum Gasteiger partial charge on any atom is 0.309 e. The molecular weight excluding hydrogens is 519 g/mol. The number of aliphatic hydroxyl groups is 2. The van der Waals surface area contributed by atoms with Crippen LogP contribution in [-0.2, 0) is 38.6 Å². The fraction of sp³-hybridized carbons (Fsp3) is 0.545. The highest BCUT2D eigenvalue weighted by atomic mass is 31.3. The van der Waals surface area contributed by atoms with E-state index in [0.29, 0.717) is 0 Å². The average molecular weight is 533 g/mol. The lowest BCUT2D eigenvalue weighted by Crippen LogP contribution is -2.46. The van der Waals surface area contributed by atoms with Gasteiger partial charge in [0.2, 0.25) is 6.23 Å². The first-order valence-corrected chi connectivity index (χ1v) is 12.8. The van der Waals surface area contributed by atoms with Crippen molar-refractivity contribution >= 4 is 40.6 Å². The Balaban J connectivity index is 1.75. The second kappa shape index (κ2) is 8.90. The average Bonchev–Trinajstić information content (AvgIpc) is 3.07. The molecule has 0 bridgehead atoms. The van der Waals surface area contributed by atoms with Crippen LogP contribution in [0, 0.1) is 0 Å². The van der Waals surface area contributed by atoms with Gasteiger partial charge in [-0.1, -0.05) is 4.98 Å². The minimum absolute atomic E-state index is 0.0353. The SMILES string of the molecule is Cn1c[n+](C2OC(COP(=O)([O-])OP(=O)([O-])OP(=O)([O-])[O-])C(O)C2O)c2nc(N)nc([O-])c21. The molecule has 186 valence electrons. The zero-order chi connectivity index (χ0) is 24.9. The molecule has 1 saturated heterocycles. The molecule has 6 atom stereocenters. The molecule has 6 unspecified atom stereocenters. The quantitative estimate of drug-likeness (QED) is 0.210. The molecule has 0 saturated carbocycles. The van der Waals surface area contributed by atoms with E-state index >= 15 is 0 Å². The molecular formula is C11H14N5O14P3-4. The van der Waals surface area contributed by atoms with Gasteiger partial charge in [-0.05, 0) is 0 Å². The number of hydrogen-bond donors (Lipinski definition) is 3. The Kier molecular flexibility index (Phi) is 7.03. The first-order valence-electron chi connectivity index (χ1n) is 8.43. The summed E-state index contributed by atoms with van der Waals surface area (Å²) in [5.74, 6) is -1.14. The van der Waals surface area contributed by atoms with Gasteiger partial charge in [0.15, 0.2) is 11.8 Å². The molecule has 0 spiro atoms. The third-order valence-corrected chi connectivity index (χ3v) is 7.82. The van der Waals surface area contributed by atoms with Crippen LogP contribution in [0.2, 0.25) is 0 Å². The number of nitrogen functional groups attached to an aromatic ring is 1. The van der Waals surface area contributed by atoms with Crippen molar-refractivity contribution in [3.63, 3.8) is 0 Å². The first kappa shape index (κ1) is 26.1. The zero-order valence-electron chi connectivity index (χ0n) is 16.1. The summed E-state index contributed by atoms with van der Waals surface area (Å²) < 4.78 is 51.6. The number of ether oxygens (including phenoxy) is 1. The van der Waals surface area contributed by atoms with E-state index in [1.54, 1.807) is 0 Å². The summed E-state index contributed by atoms with van der Waals surface area (Å²) in [5, 5.41) is 32.5. The monoisotopic (exact) mass is 533 g/mol. The van der Waals surface area contributed by atoms with Gasteiger partial charge in [0.05, 0.1) is 21.5 Å². The summed E-state index contributed by atoms with van der Waals surface area (Å²) in [6.07, 6.45) is -5.34. The van der Waals surface area contributed by atoms with E-state index in [2.05, 4.69) is 23.1 Å². The minimum Gasteiger partial charge on any atom is -0.856 e. The second-order valence-corrected chi connectivity index (χ2v) is 10.8. The van der Waals surface area contributed by atoms with E-state index in [9.17, 15) is 48.6 Å². The normalized spacial score (nSPS) is 27.5. The van der Waals surface area contributed by atoms with E-state index in [0.717, 1.165) is 4.57 Å². The van der Waals surface area contributed by atoms with Crippen molar-refractivity contribution in [3.05, 3.63) is 6.33 Å². The fourth-order valence-corrected chi connectivity index (χ4v) is 5.82. The van der Waals surface area contributed by atoms with Crippen LogP contribution >= 0.6 is 23.5 Å². The second-order valence-electron chi connectivity index (χ2n) is 6.54. The van der Waals surface area contributed by atoms with Gasteiger partial charge in [-0.25, -0.2) is 13.9 Å². The molecule has 0 radical (unpaired) electrons. The molecule has 0 aromatic carbocycles. The van der Waals surface area contributed by atoms with Crippen molar-refractivity contribution in [2.24, 2.45) is 7.05 Å². The number of nitrogens with zero attached hydrogens (tertiary/aromatic N) is 4. The number of aryl methyl sites for hydroxylation is 1. The lowest BCUT2D eigenvalue weighted by Gasteiger charge is -2.37. The number of aliphatic hydroxyl groups excluding tert-OH is 2. The number of rotatable bonds is 8. The highest BCUT2D eigenvalue weighted by molar-refractivity contribution is 7.64. The largest absolute Gasteiger partial charge is 0.856 e. The van der Waals surface area contributed by atoms with Crippen LogP contribution in [0.15, 0.2) is 6.33 Å². The van der Waals surface area contributed by atoms with Crippen LogP contribution in [0.5, 0.6) is 5.88 Å². The van der Waals surface area contributed by atoms with Crippen molar-refractivity contribution in [3.8, 4) is 5.88 Å². The molecule has 33 heavy (non-hydrogen) atoms. The molecule has 1 aliphatic rings. The molecule has 2 aromatic rings. The van der Waals surface area contributed by atoms with Gasteiger partial charge in [0.25, 0.3) is 21.6 Å². The zero-order valence-corrected chi connectivity index (χ0v) is 18.8. The fourth-order valence-electron chi connectivity index (χ4n) is 2.96. The molecule has 1 aliphatic heterocycles.